The molecule has 17 aliphatic rings. The van der Waals surface area contributed by atoms with Crippen molar-refractivity contribution in [1.82, 2.24) is 114 Å². The molecule has 0 amide bonds. The second kappa shape index (κ2) is 88.6. The number of piperidine rings is 8. The van der Waals surface area contributed by atoms with Crippen molar-refractivity contribution in [3.63, 3.8) is 0 Å². The minimum atomic E-state index is -0.0648. The van der Waals surface area contributed by atoms with Crippen LogP contribution in [-0.4, -0.2) is 415 Å². The van der Waals surface area contributed by atoms with Crippen molar-refractivity contribution in [3.05, 3.63) is 96.1 Å². The van der Waals surface area contributed by atoms with Crippen LogP contribution in [0.25, 0.3) is 0 Å². The number of methoxy groups -OCH3 is 1. The Hall–Kier alpha value is -3.78. The van der Waals surface area contributed by atoms with E-state index in [4.69, 9.17) is 25.2 Å². The molecule has 144 heavy (non-hydrogen) atoms. The highest BCUT2D eigenvalue weighted by atomic mass is 16.5. The molecule has 17 heterocycles. The summed E-state index contributed by atoms with van der Waals surface area (Å²) >= 11 is 0. The van der Waals surface area contributed by atoms with Crippen LogP contribution >= 0.6 is 0 Å². The van der Waals surface area contributed by atoms with Crippen LogP contribution in [0.4, 0.5) is 5.69 Å². The van der Waals surface area contributed by atoms with Gasteiger partial charge in [-0.1, -0.05) is 147 Å². The minimum Gasteiger partial charge on any atom is -0.495 e. The molecule has 0 radical (unpaired) electrons. The maximum atomic E-state index is 8.87. The van der Waals surface area contributed by atoms with E-state index >= 15 is 0 Å². The van der Waals surface area contributed by atoms with Crippen LogP contribution in [-0.2, 0) is 13.0 Å². The molecule has 17 saturated heterocycles. The minimum absolute atomic E-state index is 0.0266. The van der Waals surface area contributed by atoms with E-state index in [2.05, 4.69) is 276 Å². The second-order valence-electron chi connectivity index (χ2n) is 44.1. The number of benzene rings is 3. The lowest BCUT2D eigenvalue weighted by Crippen LogP contribution is -2.44. The summed E-state index contributed by atoms with van der Waals surface area (Å²) in [4.78, 5) is 16.7. The van der Waals surface area contributed by atoms with Crippen LogP contribution in [0.1, 0.15) is 228 Å². The first-order chi connectivity index (χ1) is 70.3. The molecule has 3 aromatic carbocycles. The SMILES string of the molecule is C1CN[C@H](CN2CCCC2)C1.CC1CCCCN1.CC1CCCNC1.CC1CCNCC1.CC1CNCC(C)C1.CCC1C(C)CNC1C.CCN1CCNCC1.CN(C)CC1CCCCN1.CN1CCNCC1.COc1ccccc1N1CCNCC1.OC1CCNC1.OC1CCNCC1.OCC1CCCCN1.OCCN1CCNCC1.c1ccc(CC2CCNCC2)cc1.c1ccc(CN2CCNCC2)cc1. The fourth-order valence-electron chi connectivity index (χ4n) is 21.0. The third-order valence-corrected chi connectivity index (χ3v) is 30.4. The molecule has 0 aliphatic carbocycles. The molecule has 0 saturated carbocycles. The average molecular weight is 2030 g/mol. The first-order valence-electron chi connectivity index (χ1n) is 59.0. The van der Waals surface area contributed by atoms with Crippen LogP contribution in [0, 0.1) is 41.4 Å². The zero-order chi connectivity index (χ0) is 104. The number of hydrogen-bond acceptors (Lipinski definition) is 28. The zero-order valence-corrected chi connectivity index (χ0v) is 94.7. The van der Waals surface area contributed by atoms with Gasteiger partial charge < -0.3 is 135 Å². The lowest BCUT2D eigenvalue weighted by Gasteiger charge is -2.30. The third-order valence-electron chi connectivity index (χ3n) is 30.4. The van der Waals surface area contributed by atoms with Crippen molar-refractivity contribution < 1.29 is 25.2 Å². The van der Waals surface area contributed by atoms with Crippen molar-refractivity contribution in [1.29, 1.82) is 0 Å². The van der Waals surface area contributed by atoms with Gasteiger partial charge in [0.25, 0.3) is 0 Å². The smallest absolute Gasteiger partial charge is 0.142 e. The van der Waals surface area contributed by atoms with E-state index in [1.807, 2.05) is 12.1 Å². The van der Waals surface area contributed by atoms with E-state index in [9.17, 15) is 0 Å². The highest BCUT2D eigenvalue weighted by Gasteiger charge is 2.28. The summed E-state index contributed by atoms with van der Waals surface area (Å²) in [5.74, 6) is 7.39. The predicted octanol–water partition coefficient (Wildman–Crippen LogP) is 9.51. The molecule has 17 fully saturated rings. The van der Waals surface area contributed by atoms with Crippen molar-refractivity contribution >= 4 is 5.69 Å². The number of nitrogens with zero attached hydrogens (tertiary/aromatic N) is 7. The fraction of sp³-hybridized carbons (Fsp3) is 0.845. The molecule has 17 aliphatic heterocycles. The second-order valence-corrected chi connectivity index (χ2v) is 44.1. The number of rotatable bonds is 15. The van der Waals surface area contributed by atoms with Gasteiger partial charge in [0.1, 0.15) is 5.75 Å². The number of aliphatic hydroxyl groups excluding tert-OH is 4. The number of ether oxygens (including phenoxy) is 1. The third kappa shape index (κ3) is 69.0. The zero-order valence-electron chi connectivity index (χ0n) is 94.7. The molecule has 28 heteroatoms. The maximum Gasteiger partial charge on any atom is 0.142 e. The quantitative estimate of drug-likeness (QED) is 0.0673. The first kappa shape index (κ1) is 131. The fourth-order valence-corrected chi connectivity index (χ4v) is 21.0. The van der Waals surface area contributed by atoms with Crippen molar-refractivity contribution in [3.8, 4) is 5.75 Å². The van der Waals surface area contributed by atoms with Crippen LogP contribution in [0.15, 0.2) is 84.9 Å². The van der Waals surface area contributed by atoms with Gasteiger partial charge in [0.15, 0.2) is 0 Å². The number of anilines is 1. The number of hydrogen-bond donors (Lipinski definition) is 20. The summed E-state index contributed by atoms with van der Waals surface area (Å²) < 4.78 is 5.34. The van der Waals surface area contributed by atoms with Gasteiger partial charge in [-0.15, -0.1) is 0 Å². The van der Waals surface area contributed by atoms with Gasteiger partial charge in [-0.2, -0.15) is 0 Å². The summed E-state index contributed by atoms with van der Waals surface area (Å²) in [7, 11) is 8.15. The van der Waals surface area contributed by atoms with Crippen molar-refractivity contribution in [2.45, 2.75) is 272 Å². The Bertz CT molecular complexity index is 3000. The molecule has 10 unspecified atom stereocenters. The number of aliphatic hydroxyl groups is 4. The number of β-amino-alcohol motifs (C(OH)–C–C–N with tert-alkyl or cyclic N) is 2. The van der Waals surface area contributed by atoms with Crippen LogP contribution in [0.3, 0.4) is 0 Å². The number of piperazine rings is 5. The van der Waals surface area contributed by atoms with Crippen LogP contribution < -0.4 is 94.7 Å². The van der Waals surface area contributed by atoms with E-state index in [1.165, 1.54) is 315 Å². The van der Waals surface area contributed by atoms with E-state index in [-0.39, 0.29) is 12.2 Å². The van der Waals surface area contributed by atoms with Crippen LogP contribution in [0.5, 0.6) is 5.75 Å². The molecular formula is C116H229N23O5. The van der Waals surface area contributed by atoms with E-state index < -0.39 is 0 Å². The highest BCUT2D eigenvalue weighted by Crippen LogP contribution is 2.28. The van der Waals surface area contributed by atoms with Gasteiger partial charge >= 0.3 is 0 Å². The lowest BCUT2D eigenvalue weighted by molar-refractivity contribution is 0.137. The average Bonchev–Trinajstić information content (AvgIpc) is 0.855. The number of para-hydroxylation sites is 2. The first-order valence-corrected chi connectivity index (χ1v) is 59.0. The summed E-state index contributed by atoms with van der Waals surface area (Å²) in [6.45, 7) is 71.8. The predicted molar refractivity (Wildman–Crippen MR) is 615 cm³/mol. The molecule has 0 bridgehead atoms. The van der Waals surface area contributed by atoms with Gasteiger partial charge in [0.2, 0.25) is 0 Å². The van der Waals surface area contributed by atoms with Gasteiger partial charge in [0.05, 0.1) is 38.2 Å². The molecule has 0 aromatic heterocycles. The van der Waals surface area contributed by atoms with Crippen LogP contribution in [0.2, 0.25) is 0 Å². The molecule has 28 nitrogen and oxygen atoms in total. The van der Waals surface area contributed by atoms with Gasteiger partial charge in [-0.05, 0) is 359 Å². The molecule has 838 valence electrons. The monoisotopic (exact) mass is 2020 g/mol. The summed E-state index contributed by atoms with van der Waals surface area (Å²) in [6.07, 6.45) is 32.6. The normalized spacial score (nSPS) is 27.1. The molecule has 20 rings (SSSR count). The lowest BCUT2D eigenvalue weighted by atomic mass is 9.91. The van der Waals surface area contributed by atoms with E-state index in [1.54, 1.807) is 7.11 Å². The van der Waals surface area contributed by atoms with Crippen molar-refractivity contribution in [2.75, 3.05) is 328 Å². The number of nitrogens with one attached hydrogen (secondary N) is 16. The number of likely N-dealkylation sites (N-methyl/N-ethyl adjacent to an activating group) is 3. The van der Waals surface area contributed by atoms with Crippen molar-refractivity contribution in [2.24, 2.45) is 41.4 Å². The Kier molecular flexibility index (Phi) is 80.4. The Balaban J connectivity index is 0.000000272. The molecule has 0 spiro atoms. The Morgan fingerprint density at radius 1 is 0.368 bits per heavy atom. The topological polar surface area (TPSA) is 305 Å². The summed E-state index contributed by atoms with van der Waals surface area (Å²) in [5.41, 5.74) is 4.12. The Morgan fingerprint density at radius 2 is 0.833 bits per heavy atom. The van der Waals surface area contributed by atoms with E-state index in [0.29, 0.717) is 19.3 Å². The standard InChI is InChI=1S/C12H17N.C11H16N2O.C11H16N2.C9H18N2.C8H18N2.C8H17N.C7H15N.C6H14N2O.C6H14N2.C6H13NO.3C6H13N.C5H12N2.C5H11NO.C4H9NO/c1-2-4-11(5-3-1)10-12-6-8-13-9-7-12;1-14-11-5-3-2-4-10(11)13-8-6-12-7-9-13;1-2-4-11(5-3-1)10-13-8-6-12-7-9-13;1-2-7-11(6-1)8-9-4-3-5-10-9;1-10(2)7-8-5-3-4-6-9-8;1-4-8-6(2)5-9-7(8)3;1-6-3-7(2)5-8-4-6;9-6-5-8-3-1-7-2-4-8;1-2-8-5-3-7-4-6-8;8-5-6-3-1-2-4-7-6;1-6-2-4-7-5-3-6;1-6-3-2-4-7-5-6;1-6-4-2-3-5-7-6;1-7-4-2-6-3-5-7;7-5-1-3-6-4-2-5;6-4-1-2-5-3-4/h1-5,12-13H,6-10H2;2-5,12H,6-9H2,1H3;1-5,12H,6-10H2;9-10H,1-8H2;8-9H,3-7H2,1-2H3;6-9H,4-5H2,1-3H3;6-8H,3-5H2,1-2H3;7,9H,1-6H2;7H,2-6H2,1H3;6-8H,1-5H2;3*6-7H,2-5H2,1H3;6H,2-5H2,1H3;5-7H,1-4H2;4-6H,1-3H2/t;;;9-;;;;;;;;;;;;/m...0............/s1. The summed E-state index contributed by atoms with van der Waals surface area (Å²) in [5, 5.41) is 88.0. The molecule has 3 aromatic rings. The molecule has 11 atom stereocenters. The molecule has 20 N–H and O–H groups in total. The maximum absolute atomic E-state index is 8.87. The number of likely N-dealkylation sites (tertiary alicyclic amines) is 1. The van der Waals surface area contributed by atoms with Gasteiger partial charge in [0, 0.05) is 194 Å². The molecular weight excluding hydrogens is 1800 g/mol. The Morgan fingerprint density at radius 3 is 1.20 bits per heavy atom. The van der Waals surface area contributed by atoms with E-state index in [0.717, 1.165) is 221 Å². The Labute approximate surface area is 883 Å². The van der Waals surface area contributed by atoms with Gasteiger partial charge in [-0.25, -0.2) is 0 Å². The summed E-state index contributed by atoms with van der Waals surface area (Å²) in [6, 6.07) is 33.2. The highest BCUT2D eigenvalue weighted by molar-refractivity contribution is 5.58. The largest absolute Gasteiger partial charge is 0.495 e. The van der Waals surface area contributed by atoms with Gasteiger partial charge in [-0.3, -0.25) is 9.80 Å².